The van der Waals surface area contributed by atoms with E-state index in [1.54, 1.807) is 0 Å². The first-order valence-corrected chi connectivity index (χ1v) is 4.75. The summed E-state index contributed by atoms with van der Waals surface area (Å²) in [5.74, 6) is 0.181. The van der Waals surface area contributed by atoms with Gasteiger partial charge >= 0.3 is 0 Å². The van der Waals surface area contributed by atoms with Crippen molar-refractivity contribution in [3.63, 3.8) is 0 Å². The fourth-order valence-electron chi connectivity index (χ4n) is 1.60. The van der Waals surface area contributed by atoms with Crippen LogP contribution in [0.15, 0.2) is 6.07 Å². The van der Waals surface area contributed by atoms with Crippen molar-refractivity contribution >= 4 is 0 Å². The molecule has 0 aromatic heterocycles. The highest BCUT2D eigenvalue weighted by Gasteiger charge is 2.16. The zero-order chi connectivity index (χ0) is 11.4. The number of hydrogen-bond acceptors (Lipinski definition) is 3. The minimum atomic E-state index is -0.414. The molecule has 0 aliphatic carbocycles. The van der Waals surface area contributed by atoms with Crippen LogP contribution in [0.2, 0.25) is 0 Å². The van der Waals surface area contributed by atoms with Gasteiger partial charge in [-0.1, -0.05) is 0 Å². The van der Waals surface area contributed by atoms with Crippen molar-refractivity contribution in [3.05, 3.63) is 23.0 Å². The Labute approximate surface area is 89.0 Å². The van der Waals surface area contributed by atoms with Crippen LogP contribution in [0.3, 0.4) is 0 Å². The molecular formula is C11H16FNO2. The second-order valence-corrected chi connectivity index (χ2v) is 3.25. The van der Waals surface area contributed by atoms with Crippen molar-refractivity contribution in [1.82, 2.24) is 0 Å². The van der Waals surface area contributed by atoms with Crippen LogP contribution in [0, 0.1) is 12.7 Å². The normalized spacial score (nSPS) is 10.2. The number of rotatable bonds is 4. The highest BCUT2D eigenvalue weighted by molar-refractivity contribution is 5.51. The van der Waals surface area contributed by atoms with Crippen LogP contribution in [0.4, 0.5) is 4.39 Å². The molecule has 0 radical (unpaired) electrons. The fourth-order valence-corrected chi connectivity index (χ4v) is 1.60. The molecule has 2 N–H and O–H groups in total. The van der Waals surface area contributed by atoms with E-state index in [2.05, 4.69) is 0 Å². The Kier molecular flexibility index (Phi) is 3.91. The van der Waals surface area contributed by atoms with Gasteiger partial charge in [0, 0.05) is 0 Å². The maximum absolute atomic E-state index is 13.6. The molecule has 84 valence electrons. The van der Waals surface area contributed by atoms with Crippen LogP contribution in [0.1, 0.15) is 11.1 Å². The summed E-state index contributed by atoms with van der Waals surface area (Å²) in [6, 6.07) is 1.45. The third kappa shape index (κ3) is 2.21. The Balaban J connectivity index is 3.30. The maximum Gasteiger partial charge on any atom is 0.197 e. The standard InChI is InChI=1S/C11H16FNO2/c1-7-8(4-5-13)6-9(12)11(15-3)10(7)14-2/h6H,4-5,13H2,1-3H3. The van der Waals surface area contributed by atoms with Gasteiger partial charge in [-0.05, 0) is 37.1 Å². The smallest absolute Gasteiger partial charge is 0.197 e. The molecule has 0 aliphatic rings. The topological polar surface area (TPSA) is 44.5 Å². The number of benzene rings is 1. The summed E-state index contributed by atoms with van der Waals surface area (Å²) in [5, 5.41) is 0. The van der Waals surface area contributed by atoms with Gasteiger partial charge in [0.05, 0.1) is 14.2 Å². The van der Waals surface area contributed by atoms with Crippen LogP contribution < -0.4 is 15.2 Å². The number of methoxy groups -OCH3 is 2. The van der Waals surface area contributed by atoms with E-state index < -0.39 is 5.82 Å². The Morgan fingerprint density at radius 2 is 1.87 bits per heavy atom. The summed E-state index contributed by atoms with van der Waals surface area (Å²) >= 11 is 0. The Morgan fingerprint density at radius 3 is 2.33 bits per heavy atom. The van der Waals surface area contributed by atoms with Crippen molar-refractivity contribution in [2.45, 2.75) is 13.3 Å². The number of halogens is 1. The first kappa shape index (κ1) is 11.8. The van der Waals surface area contributed by atoms with E-state index in [-0.39, 0.29) is 5.75 Å². The Morgan fingerprint density at radius 1 is 1.27 bits per heavy atom. The van der Waals surface area contributed by atoms with Crippen molar-refractivity contribution < 1.29 is 13.9 Å². The molecule has 0 fully saturated rings. The minimum Gasteiger partial charge on any atom is -0.492 e. The summed E-state index contributed by atoms with van der Waals surface area (Å²) in [6.07, 6.45) is 0.628. The molecule has 0 aliphatic heterocycles. The highest BCUT2D eigenvalue weighted by Crippen LogP contribution is 2.35. The largest absolute Gasteiger partial charge is 0.492 e. The second-order valence-electron chi connectivity index (χ2n) is 3.25. The van der Waals surface area contributed by atoms with E-state index in [0.717, 1.165) is 11.1 Å². The zero-order valence-corrected chi connectivity index (χ0v) is 9.26. The highest BCUT2D eigenvalue weighted by atomic mass is 19.1. The monoisotopic (exact) mass is 213 g/mol. The summed E-state index contributed by atoms with van der Waals surface area (Å²) in [7, 11) is 2.92. The maximum atomic E-state index is 13.6. The molecule has 0 unspecified atom stereocenters. The summed E-state index contributed by atoms with van der Waals surface area (Å²) in [5.41, 5.74) is 7.18. The van der Waals surface area contributed by atoms with E-state index in [9.17, 15) is 4.39 Å². The van der Waals surface area contributed by atoms with Gasteiger partial charge in [-0.15, -0.1) is 0 Å². The molecule has 15 heavy (non-hydrogen) atoms. The molecule has 0 saturated heterocycles. The molecule has 0 spiro atoms. The quantitative estimate of drug-likeness (QED) is 0.827. The minimum absolute atomic E-state index is 0.149. The van der Waals surface area contributed by atoms with Crippen LogP contribution >= 0.6 is 0 Å². The molecule has 1 aromatic rings. The van der Waals surface area contributed by atoms with E-state index in [4.69, 9.17) is 15.2 Å². The van der Waals surface area contributed by atoms with Gasteiger partial charge in [0.25, 0.3) is 0 Å². The first-order chi connectivity index (χ1) is 7.15. The van der Waals surface area contributed by atoms with Gasteiger partial charge < -0.3 is 15.2 Å². The van der Waals surface area contributed by atoms with Gasteiger partial charge in [0.2, 0.25) is 0 Å². The van der Waals surface area contributed by atoms with Crippen LogP contribution in [-0.4, -0.2) is 20.8 Å². The lowest BCUT2D eigenvalue weighted by atomic mass is 10.0. The average molecular weight is 213 g/mol. The predicted octanol–water partition coefficient (Wildman–Crippen LogP) is 1.65. The molecule has 0 bridgehead atoms. The van der Waals surface area contributed by atoms with Gasteiger partial charge in [-0.25, -0.2) is 4.39 Å². The van der Waals surface area contributed by atoms with Gasteiger partial charge in [0.15, 0.2) is 17.3 Å². The summed E-state index contributed by atoms with van der Waals surface area (Å²) in [6.45, 7) is 2.35. The molecule has 1 aromatic carbocycles. The Hall–Kier alpha value is -1.29. The lowest BCUT2D eigenvalue weighted by Crippen LogP contribution is -2.06. The van der Waals surface area contributed by atoms with E-state index in [1.807, 2.05) is 6.92 Å². The molecule has 4 heteroatoms. The molecule has 1 rings (SSSR count). The van der Waals surface area contributed by atoms with E-state index in [0.29, 0.717) is 18.7 Å². The molecule has 3 nitrogen and oxygen atoms in total. The fraction of sp³-hybridized carbons (Fsp3) is 0.455. The van der Waals surface area contributed by atoms with Crippen molar-refractivity contribution in [2.75, 3.05) is 20.8 Å². The van der Waals surface area contributed by atoms with Gasteiger partial charge in [0.1, 0.15) is 0 Å². The van der Waals surface area contributed by atoms with Crippen LogP contribution in [0.5, 0.6) is 11.5 Å². The van der Waals surface area contributed by atoms with Crippen LogP contribution in [0.25, 0.3) is 0 Å². The first-order valence-electron chi connectivity index (χ1n) is 4.75. The van der Waals surface area contributed by atoms with Gasteiger partial charge in [-0.3, -0.25) is 0 Å². The van der Waals surface area contributed by atoms with Crippen molar-refractivity contribution in [3.8, 4) is 11.5 Å². The van der Waals surface area contributed by atoms with Crippen LogP contribution in [-0.2, 0) is 6.42 Å². The average Bonchev–Trinajstić information content (AvgIpc) is 2.22. The number of ether oxygens (including phenoxy) is 2. The summed E-state index contributed by atoms with van der Waals surface area (Å²) < 4.78 is 23.6. The molecule has 0 amide bonds. The third-order valence-electron chi connectivity index (χ3n) is 2.37. The lowest BCUT2D eigenvalue weighted by Gasteiger charge is -2.14. The third-order valence-corrected chi connectivity index (χ3v) is 2.37. The number of hydrogen-bond donors (Lipinski definition) is 1. The summed E-state index contributed by atoms with van der Waals surface area (Å²) in [4.78, 5) is 0. The predicted molar refractivity (Wildman–Crippen MR) is 57.0 cm³/mol. The molecule has 0 saturated carbocycles. The Bertz CT molecular complexity index is 353. The SMILES string of the molecule is COc1c(F)cc(CCN)c(C)c1OC. The van der Waals surface area contributed by atoms with Crippen molar-refractivity contribution in [1.29, 1.82) is 0 Å². The molecular weight excluding hydrogens is 197 g/mol. The van der Waals surface area contributed by atoms with E-state index in [1.165, 1.54) is 20.3 Å². The lowest BCUT2D eigenvalue weighted by molar-refractivity contribution is 0.335. The number of nitrogens with two attached hydrogens (primary N) is 1. The molecule has 0 atom stereocenters. The van der Waals surface area contributed by atoms with Crippen molar-refractivity contribution in [2.24, 2.45) is 5.73 Å². The molecule has 0 heterocycles. The zero-order valence-electron chi connectivity index (χ0n) is 9.26. The van der Waals surface area contributed by atoms with Gasteiger partial charge in [-0.2, -0.15) is 0 Å². The second kappa shape index (κ2) is 4.98. The van der Waals surface area contributed by atoms with E-state index >= 15 is 0 Å².